The minimum absolute atomic E-state index is 0.152. The van der Waals surface area contributed by atoms with Crippen molar-refractivity contribution in [2.24, 2.45) is 0 Å². The maximum absolute atomic E-state index is 13.9. The summed E-state index contributed by atoms with van der Waals surface area (Å²) in [6.45, 7) is 2.27. The highest BCUT2D eigenvalue weighted by Crippen LogP contribution is 2.16. The van der Waals surface area contributed by atoms with E-state index in [0.717, 1.165) is 6.42 Å². The van der Waals surface area contributed by atoms with Gasteiger partial charge in [0.1, 0.15) is 24.3 Å². The number of nitrogens with zero attached hydrogens (tertiary/aromatic N) is 1. The van der Waals surface area contributed by atoms with Crippen LogP contribution in [0.2, 0.25) is 5.02 Å². The van der Waals surface area contributed by atoms with Gasteiger partial charge in [0.15, 0.2) is 0 Å². The van der Waals surface area contributed by atoms with E-state index in [1.807, 2.05) is 11.0 Å². The fourth-order valence-corrected chi connectivity index (χ4v) is 2.73. The summed E-state index contributed by atoms with van der Waals surface area (Å²) in [5.74, 6) is 0.407. The quantitative estimate of drug-likeness (QED) is 0.602. The lowest BCUT2D eigenvalue weighted by Gasteiger charge is -2.25. The lowest BCUT2D eigenvalue weighted by Crippen LogP contribution is -2.36. The lowest BCUT2D eigenvalue weighted by atomic mass is 10.2. The van der Waals surface area contributed by atoms with E-state index >= 15 is 0 Å². The topological polar surface area (TPSA) is 41.9 Å². The van der Waals surface area contributed by atoms with Crippen LogP contribution >= 0.6 is 11.6 Å². The second-order valence-electron chi connectivity index (χ2n) is 6.09. The molecule has 2 aromatic carbocycles. The molecule has 0 fully saturated rings. The van der Waals surface area contributed by atoms with Gasteiger partial charge in [0.05, 0.1) is 0 Å². The van der Waals surface area contributed by atoms with Gasteiger partial charge in [0.2, 0.25) is 0 Å². The zero-order valence-corrected chi connectivity index (χ0v) is 15.7. The number of rotatable bonds is 11. The fourth-order valence-electron chi connectivity index (χ4n) is 2.61. The maximum atomic E-state index is 13.9. The highest BCUT2D eigenvalue weighted by molar-refractivity contribution is 6.30. The Kier molecular flexibility index (Phi) is 8.85. The monoisotopic (exact) mass is 381 g/mol. The molecule has 4 nitrogen and oxygen atoms in total. The number of hydrogen-bond donors (Lipinski definition) is 1. The van der Waals surface area contributed by atoms with Crippen LogP contribution in [-0.2, 0) is 11.3 Å². The average Bonchev–Trinajstić information content (AvgIpc) is 2.63. The molecule has 0 radical (unpaired) electrons. The minimum Gasteiger partial charge on any atom is -0.491 e. The van der Waals surface area contributed by atoms with Gasteiger partial charge in [-0.15, -0.1) is 0 Å². The zero-order valence-electron chi connectivity index (χ0n) is 14.9. The van der Waals surface area contributed by atoms with Crippen LogP contribution in [0.4, 0.5) is 4.39 Å². The van der Waals surface area contributed by atoms with Crippen molar-refractivity contribution in [3.8, 4) is 5.75 Å². The van der Waals surface area contributed by atoms with Gasteiger partial charge < -0.3 is 14.6 Å². The highest BCUT2D eigenvalue weighted by Gasteiger charge is 2.15. The van der Waals surface area contributed by atoms with E-state index < -0.39 is 6.10 Å². The largest absolute Gasteiger partial charge is 0.491 e. The van der Waals surface area contributed by atoms with E-state index in [4.69, 9.17) is 21.1 Å². The SMILES string of the molecule is COCCCN(Cc1ccccc1F)C[C@H](O)COc1ccc(Cl)cc1. The molecular formula is C20H25ClFNO3. The second-order valence-corrected chi connectivity index (χ2v) is 6.53. The Morgan fingerprint density at radius 3 is 2.58 bits per heavy atom. The summed E-state index contributed by atoms with van der Waals surface area (Å²) < 4.78 is 24.6. The summed E-state index contributed by atoms with van der Waals surface area (Å²) in [6.07, 6.45) is 0.107. The van der Waals surface area contributed by atoms with E-state index in [0.29, 0.717) is 42.6 Å². The fraction of sp³-hybridized carbons (Fsp3) is 0.400. The van der Waals surface area contributed by atoms with Crippen LogP contribution in [0.15, 0.2) is 48.5 Å². The molecule has 0 spiro atoms. The van der Waals surface area contributed by atoms with E-state index in [1.165, 1.54) is 6.07 Å². The van der Waals surface area contributed by atoms with E-state index in [1.54, 1.807) is 43.5 Å². The molecule has 6 heteroatoms. The first-order chi connectivity index (χ1) is 12.6. The molecule has 0 aliphatic heterocycles. The van der Waals surface area contributed by atoms with E-state index in [2.05, 4.69) is 0 Å². The Morgan fingerprint density at radius 2 is 1.88 bits per heavy atom. The van der Waals surface area contributed by atoms with Gasteiger partial charge in [0.25, 0.3) is 0 Å². The van der Waals surface area contributed by atoms with Crippen LogP contribution in [0.25, 0.3) is 0 Å². The Morgan fingerprint density at radius 1 is 1.15 bits per heavy atom. The first-order valence-electron chi connectivity index (χ1n) is 8.59. The van der Waals surface area contributed by atoms with Gasteiger partial charge in [-0.25, -0.2) is 4.39 Å². The normalized spacial score (nSPS) is 12.3. The molecule has 1 atom stereocenters. The molecule has 2 aromatic rings. The van der Waals surface area contributed by atoms with Crippen molar-refractivity contribution in [3.63, 3.8) is 0 Å². The standard InChI is InChI=1S/C20H25ClFNO3/c1-25-12-4-11-23(13-16-5-2-3-6-20(16)22)14-18(24)15-26-19-9-7-17(21)8-10-19/h2-3,5-10,18,24H,4,11-15H2,1H3/t18-/m0/s1. The number of aliphatic hydroxyl groups is 1. The lowest BCUT2D eigenvalue weighted by molar-refractivity contribution is 0.0614. The molecular weight excluding hydrogens is 357 g/mol. The summed E-state index contributed by atoms with van der Waals surface area (Å²) in [4.78, 5) is 2.01. The molecule has 0 saturated carbocycles. The molecule has 0 bridgehead atoms. The van der Waals surface area contributed by atoms with Crippen molar-refractivity contribution in [2.75, 3.05) is 33.4 Å². The van der Waals surface area contributed by atoms with Crippen molar-refractivity contribution in [1.82, 2.24) is 4.90 Å². The van der Waals surface area contributed by atoms with Crippen LogP contribution in [-0.4, -0.2) is 49.5 Å². The third kappa shape index (κ3) is 7.30. The number of benzene rings is 2. The van der Waals surface area contributed by atoms with Crippen LogP contribution in [0, 0.1) is 5.82 Å². The van der Waals surface area contributed by atoms with Crippen molar-refractivity contribution >= 4 is 11.6 Å². The number of halogens is 2. The van der Waals surface area contributed by atoms with E-state index in [-0.39, 0.29) is 12.4 Å². The molecule has 0 heterocycles. The molecule has 0 aromatic heterocycles. The van der Waals surface area contributed by atoms with Crippen LogP contribution in [0.5, 0.6) is 5.75 Å². The van der Waals surface area contributed by atoms with Crippen LogP contribution < -0.4 is 4.74 Å². The Balaban J connectivity index is 1.89. The minimum atomic E-state index is -0.694. The predicted molar refractivity (Wildman–Crippen MR) is 101 cm³/mol. The van der Waals surface area contributed by atoms with Crippen molar-refractivity contribution in [3.05, 3.63) is 64.9 Å². The summed E-state index contributed by atoms with van der Waals surface area (Å²) in [5, 5.41) is 11.0. The molecule has 0 saturated heterocycles. The summed E-state index contributed by atoms with van der Waals surface area (Å²) >= 11 is 5.84. The summed E-state index contributed by atoms with van der Waals surface area (Å²) in [5.41, 5.74) is 0.607. The predicted octanol–water partition coefficient (Wildman–Crippen LogP) is 3.76. The van der Waals surface area contributed by atoms with Crippen LogP contribution in [0.3, 0.4) is 0 Å². The van der Waals surface area contributed by atoms with Crippen molar-refractivity contribution in [1.29, 1.82) is 0 Å². The molecule has 0 aliphatic rings. The Labute approximate surface area is 159 Å². The molecule has 142 valence electrons. The van der Waals surface area contributed by atoms with Gasteiger partial charge in [-0.2, -0.15) is 0 Å². The molecule has 0 amide bonds. The summed E-state index contributed by atoms with van der Waals surface area (Å²) in [6, 6.07) is 13.7. The number of hydrogen-bond acceptors (Lipinski definition) is 4. The molecule has 1 N–H and O–H groups in total. The van der Waals surface area contributed by atoms with E-state index in [9.17, 15) is 9.50 Å². The zero-order chi connectivity index (χ0) is 18.8. The van der Waals surface area contributed by atoms with Gasteiger partial charge >= 0.3 is 0 Å². The van der Waals surface area contributed by atoms with Gasteiger partial charge in [-0.3, -0.25) is 4.90 Å². The Bertz CT molecular complexity index is 654. The highest BCUT2D eigenvalue weighted by atomic mass is 35.5. The third-order valence-electron chi connectivity index (χ3n) is 3.90. The smallest absolute Gasteiger partial charge is 0.127 e. The summed E-state index contributed by atoms with van der Waals surface area (Å²) in [7, 11) is 1.65. The second kappa shape index (κ2) is 11.1. The number of aliphatic hydroxyl groups excluding tert-OH is 1. The molecule has 0 aliphatic carbocycles. The van der Waals surface area contributed by atoms with Gasteiger partial charge in [-0.1, -0.05) is 29.8 Å². The van der Waals surface area contributed by atoms with Gasteiger partial charge in [0, 0.05) is 43.9 Å². The molecule has 26 heavy (non-hydrogen) atoms. The Hall–Kier alpha value is -1.66. The first-order valence-corrected chi connectivity index (χ1v) is 8.97. The van der Waals surface area contributed by atoms with Gasteiger partial charge in [-0.05, 0) is 36.8 Å². The number of methoxy groups -OCH3 is 1. The van der Waals surface area contributed by atoms with Crippen molar-refractivity contribution in [2.45, 2.75) is 19.1 Å². The molecule has 0 unspecified atom stereocenters. The first kappa shape index (κ1) is 20.6. The molecule has 2 rings (SSSR count). The number of ether oxygens (including phenoxy) is 2. The van der Waals surface area contributed by atoms with Crippen LogP contribution in [0.1, 0.15) is 12.0 Å². The van der Waals surface area contributed by atoms with Crippen molar-refractivity contribution < 1.29 is 19.0 Å². The average molecular weight is 382 g/mol. The third-order valence-corrected chi connectivity index (χ3v) is 4.15. The maximum Gasteiger partial charge on any atom is 0.127 e.